The lowest BCUT2D eigenvalue weighted by Gasteiger charge is -2.21. The molecule has 0 aromatic heterocycles. The summed E-state index contributed by atoms with van der Waals surface area (Å²) in [7, 11) is -4.17. The number of nitro groups is 1. The number of nitrogens with zero attached hydrogens (tertiary/aromatic N) is 2. The molecule has 0 radical (unpaired) electrons. The van der Waals surface area contributed by atoms with Crippen LogP contribution in [0.1, 0.15) is 22.8 Å². The molecule has 0 fully saturated rings. The van der Waals surface area contributed by atoms with E-state index in [4.69, 9.17) is 9.47 Å². The number of aromatic hydroxyl groups is 1. The number of rotatable bonds is 8. The topological polar surface area (TPSA) is 148 Å². The molecule has 1 aliphatic rings. The van der Waals surface area contributed by atoms with Crippen molar-refractivity contribution in [2.45, 2.75) is 18.4 Å². The van der Waals surface area contributed by atoms with Gasteiger partial charge in [-0.15, -0.1) is 0 Å². The first-order valence-electron chi connectivity index (χ1n) is 10.5. The van der Waals surface area contributed by atoms with E-state index in [0.29, 0.717) is 30.2 Å². The van der Waals surface area contributed by atoms with Gasteiger partial charge in [-0.1, -0.05) is 6.07 Å². The summed E-state index contributed by atoms with van der Waals surface area (Å²) < 4.78 is 38.3. The maximum atomic E-state index is 13.0. The Balaban J connectivity index is 1.47. The quantitative estimate of drug-likeness (QED) is 0.353. The molecule has 1 amide bonds. The van der Waals surface area contributed by atoms with Crippen LogP contribution in [-0.2, 0) is 16.6 Å². The van der Waals surface area contributed by atoms with Crippen LogP contribution in [0.5, 0.6) is 17.2 Å². The summed E-state index contributed by atoms with van der Waals surface area (Å²) in [5.41, 5.74) is 0.666. The second-order valence-electron chi connectivity index (χ2n) is 7.60. The third kappa shape index (κ3) is 5.11. The zero-order valence-electron chi connectivity index (χ0n) is 18.5. The second-order valence-corrected chi connectivity index (χ2v) is 9.28. The fourth-order valence-electron chi connectivity index (χ4n) is 3.48. The van der Waals surface area contributed by atoms with Crippen molar-refractivity contribution in [1.82, 2.24) is 4.90 Å². The fourth-order valence-corrected chi connectivity index (χ4v) is 4.56. The highest BCUT2D eigenvalue weighted by atomic mass is 32.2. The van der Waals surface area contributed by atoms with E-state index in [1.807, 2.05) is 19.1 Å². The lowest BCUT2D eigenvalue weighted by molar-refractivity contribution is -0.386. The first-order chi connectivity index (χ1) is 16.7. The Hall–Kier alpha value is -4.32. The minimum absolute atomic E-state index is 0.162. The Morgan fingerprint density at radius 1 is 1.09 bits per heavy atom. The van der Waals surface area contributed by atoms with Gasteiger partial charge in [0.15, 0.2) is 17.2 Å². The molecule has 1 aliphatic heterocycles. The van der Waals surface area contributed by atoms with Crippen LogP contribution in [0.3, 0.4) is 0 Å². The summed E-state index contributed by atoms with van der Waals surface area (Å²) in [5, 5.41) is 20.5. The van der Waals surface area contributed by atoms with Crippen molar-refractivity contribution in [3.05, 3.63) is 81.9 Å². The van der Waals surface area contributed by atoms with Crippen molar-refractivity contribution < 1.29 is 32.7 Å². The minimum atomic E-state index is -4.17. The van der Waals surface area contributed by atoms with Crippen molar-refractivity contribution in [2.75, 3.05) is 18.1 Å². The number of anilines is 1. The average Bonchev–Trinajstić information content (AvgIpc) is 3.30. The smallest absolute Gasteiger partial charge is 0.312 e. The molecule has 4 rings (SSSR count). The molecular formula is C23H21N3O8S. The van der Waals surface area contributed by atoms with E-state index in [1.54, 1.807) is 11.0 Å². The van der Waals surface area contributed by atoms with Crippen LogP contribution < -0.4 is 14.2 Å². The predicted molar refractivity (Wildman–Crippen MR) is 125 cm³/mol. The number of carbonyl (C=O) groups is 1. The number of carbonyl (C=O) groups excluding carboxylic acids is 1. The van der Waals surface area contributed by atoms with Crippen molar-refractivity contribution >= 4 is 27.3 Å². The molecule has 0 saturated carbocycles. The lowest BCUT2D eigenvalue weighted by Crippen LogP contribution is -2.30. The second kappa shape index (κ2) is 9.50. The largest absolute Gasteiger partial charge is 0.502 e. The molecule has 12 heteroatoms. The van der Waals surface area contributed by atoms with Gasteiger partial charge in [0, 0.05) is 30.4 Å². The van der Waals surface area contributed by atoms with E-state index in [9.17, 15) is 28.4 Å². The molecule has 0 saturated heterocycles. The van der Waals surface area contributed by atoms with Crippen molar-refractivity contribution in [3.63, 3.8) is 0 Å². The summed E-state index contributed by atoms with van der Waals surface area (Å²) in [6.07, 6.45) is 0. The molecule has 0 spiro atoms. The molecule has 11 nitrogen and oxygen atoms in total. The molecule has 182 valence electrons. The summed E-state index contributed by atoms with van der Waals surface area (Å²) in [6.45, 7) is 2.81. The van der Waals surface area contributed by atoms with E-state index in [2.05, 4.69) is 4.72 Å². The van der Waals surface area contributed by atoms with E-state index >= 15 is 0 Å². The SMILES string of the molecule is CCN(Cc1ccc2c(c1)OCO2)C(=O)c1ccc(NS(=O)(=O)c2ccc(O)c([N+](=O)[O-])c2)cc1. The highest BCUT2D eigenvalue weighted by Crippen LogP contribution is 2.33. The van der Waals surface area contributed by atoms with Gasteiger partial charge in [-0.25, -0.2) is 8.42 Å². The molecule has 0 unspecified atom stereocenters. The number of ether oxygens (including phenoxy) is 2. The number of sulfonamides is 1. The standard InChI is InChI=1S/C23H21N3O8S/c1-2-25(13-15-3-10-21-22(11-15)34-14-33-21)23(28)16-4-6-17(7-5-16)24-35(31,32)18-8-9-20(27)19(12-18)26(29)30/h3-12,24,27H,2,13-14H2,1H3. The Morgan fingerprint density at radius 3 is 2.49 bits per heavy atom. The van der Waals surface area contributed by atoms with Gasteiger partial charge in [0.05, 0.1) is 9.82 Å². The van der Waals surface area contributed by atoms with Crippen LogP contribution in [0.15, 0.2) is 65.6 Å². The summed E-state index contributed by atoms with van der Waals surface area (Å²) in [4.78, 5) is 24.4. The first kappa shape index (κ1) is 23.8. The monoisotopic (exact) mass is 499 g/mol. The van der Waals surface area contributed by atoms with E-state index in [1.165, 1.54) is 24.3 Å². The summed E-state index contributed by atoms with van der Waals surface area (Å²) >= 11 is 0. The number of nitrogens with one attached hydrogen (secondary N) is 1. The van der Waals surface area contributed by atoms with Crippen LogP contribution in [0.2, 0.25) is 0 Å². The maximum absolute atomic E-state index is 13.0. The number of hydrogen-bond donors (Lipinski definition) is 2. The molecule has 3 aromatic rings. The first-order valence-corrected chi connectivity index (χ1v) is 11.9. The van der Waals surface area contributed by atoms with Gasteiger partial charge in [-0.05, 0) is 61.0 Å². The number of phenolic OH excluding ortho intramolecular Hbond substituents is 1. The third-order valence-electron chi connectivity index (χ3n) is 5.32. The Morgan fingerprint density at radius 2 is 1.80 bits per heavy atom. The molecular weight excluding hydrogens is 478 g/mol. The van der Waals surface area contributed by atoms with Crippen LogP contribution in [0.25, 0.3) is 0 Å². The molecule has 35 heavy (non-hydrogen) atoms. The van der Waals surface area contributed by atoms with Crippen molar-refractivity contribution in [1.29, 1.82) is 0 Å². The van der Waals surface area contributed by atoms with Crippen molar-refractivity contribution in [3.8, 4) is 17.2 Å². The van der Waals surface area contributed by atoms with Gasteiger partial charge >= 0.3 is 5.69 Å². The van der Waals surface area contributed by atoms with Crippen LogP contribution in [0.4, 0.5) is 11.4 Å². The Bertz CT molecular complexity index is 1390. The van der Waals surface area contributed by atoms with E-state index in [-0.39, 0.29) is 23.3 Å². The van der Waals surface area contributed by atoms with E-state index in [0.717, 1.165) is 23.8 Å². The van der Waals surface area contributed by atoms with Gasteiger partial charge in [0.25, 0.3) is 15.9 Å². The Labute approximate surface area is 200 Å². The average molecular weight is 500 g/mol. The van der Waals surface area contributed by atoms with Gasteiger partial charge < -0.3 is 19.5 Å². The third-order valence-corrected chi connectivity index (χ3v) is 6.70. The number of fused-ring (bicyclic) bond motifs is 1. The van der Waals surface area contributed by atoms with Gasteiger partial charge in [-0.2, -0.15) is 0 Å². The Kier molecular flexibility index (Phi) is 6.47. The molecule has 0 bridgehead atoms. The summed E-state index contributed by atoms with van der Waals surface area (Å²) in [5.74, 6) is 0.399. The molecule has 3 aromatic carbocycles. The highest BCUT2D eigenvalue weighted by Gasteiger charge is 2.22. The molecule has 1 heterocycles. The number of phenols is 1. The van der Waals surface area contributed by atoms with E-state index < -0.39 is 26.4 Å². The number of benzene rings is 3. The number of nitro benzene ring substituents is 1. The van der Waals surface area contributed by atoms with Crippen molar-refractivity contribution in [2.24, 2.45) is 0 Å². The number of hydrogen-bond acceptors (Lipinski definition) is 8. The fraction of sp³-hybridized carbons (Fsp3) is 0.174. The maximum Gasteiger partial charge on any atom is 0.312 e. The zero-order chi connectivity index (χ0) is 25.2. The van der Waals surface area contributed by atoms with Gasteiger partial charge in [-0.3, -0.25) is 19.6 Å². The van der Waals surface area contributed by atoms with Crippen LogP contribution >= 0.6 is 0 Å². The summed E-state index contributed by atoms with van der Waals surface area (Å²) in [6, 6.07) is 14.1. The van der Waals surface area contributed by atoms with Gasteiger partial charge in [0.1, 0.15) is 0 Å². The van der Waals surface area contributed by atoms with Crippen LogP contribution in [0, 0.1) is 10.1 Å². The van der Waals surface area contributed by atoms with Crippen LogP contribution in [-0.4, -0.2) is 42.6 Å². The molecule has 2 N–H and O–H groups in total. The number of amides is 1. The molecule has 0 atom stereocenters. The highest BCUT2D eigenvalue weighted by molar-refractivity contribution is 7.92. The van der Waals surface area contributed by atoms with Gasteiger partial charge in [0.2, 0.25) is 6.79 Å². The normalized spacial score (nSPS) is 12.3. The molecule has 0 aliphatic carbocycles. The minimum Gasteiger partial charge on any atom is -0.502 e. The zero-order valence-corrected chi connectivity index (χ0v) is 19.3. The lowest BCUT2D eigenvalue weighted by atomic mass is 10.1. The predicted octanol–water partition coefficient (Wildman–Crippen LogP) is 3.49.